The summed E-state index contributed by atoms with van der Waals surface area (Å²) in [6, 6.07) is 0. The van der Waals surface area contributed by atoms with Gasteiger partial charge in [-0.05, 0) is 0 Å². The number of hydrogen-bond donors (Lipinski definition) is 3. The Morgan fingerprint density at radius 2 is 1.24 bits per heavy atom. The molecule has 1 unspecified atom stereocenters. The number of methoxy groups -OCH3 is 2. The summed E-state index contributed by atoms with van der Waals surface area (Å²) < 4.78 is 9.38. The van der Waals surface area contributed by atoms with E-state index in [2.05, 4.69) is 32.7 Å². The Morgan fingerprint density at radius 1 is 0.816 bits per heavy atom. The van der Waals surface area contributed by atoms with Gasteiger partial charge in [0, 0.05) is 90.3 Å². The summed E-state index contributed by atoms with van der Waals surface area (Å²) >= 11 is 4.25. The quantitative estimate of drug-likeness (QED) is 0.148. The molecule has 2 aliphatic heterocycles. The van der Waals surface area contributed by atoms with Crippen molar-refractivity contribution in [3.05, 3.63) is 0 Å². The number of ether oxygens (including phenoxy) is 2. The molecule has 0 saturated carbocycles. The minimum Gasteiger partial charge on any atom is -0.469 e. The Balaban J connectivity index is 1.61. The second kappa shape index (κ2) is 16.2. The van der Waals surface area contributed by atoms with Crippen LogP contribution in [0, 0.1) is 11.8 Å². The number of amides is 4. The van der Waals surface area contributed by atoms with Gasteiger partial charge in [0.05, 0.1) is 26.1 Å². The molecule has 0 aromatic rings. The van der Waals surface area contributed by atoms with E-state index in [-0.39, 0.29) is 62.4 Å². The summed E-state index contributed by atoms with van der Waals surface area (Å²) in [6.07, 6.45) is 0.706. The lowest BCUT2D eigenvalue weighted by atomic mass is 10.1. The standard InChI is InChI=1S/C24H39N5O8S/c1-36-23(34)17-13-21(32)28(15-17)9-5-25-19(30)3-7-27(11-12-38)8-4-20(31)26-6-10-29-16-18(14-22(29)33)24(35)37-2/h17-18,38H,3-16H2,1-2H3,(H,25,30)(H,26,31)/t17-,18?/m1/s1. The molecule has 0 aromatic carbocycles. The van der Waals surface area contributed by atoms with E-state index in [4.69, 9.17) is 0 Å². The van der Waals surface area contributed by atoms with E-state index in [0.717, 1.165) is 0 Å². The first kappa shape index (κ1) is 31.3. The van der Waals surface area contributed by atoms with E-state index >= 15 is 0 Å². The van der Waals surface area contributed by atoms with E-state index < -0.39 is 23.8 Å². The van der Waals surface area contributed by atoms with Crippen molar-refractivity contribution in [3.63, 3.8) is 0 Å². The highest BCUT2D eigenvalue weighted by Gasteiger charge is 2.35. The Kier molecular flexibility index (Phi) is 13.3. The van der Waals surface area contributed by atoms with Crippen molar-refractivity contribution < 1.29 is 38.2 Å². The van der Waals surface area contributed by atoms with Crippen LogP contribution in [-0.4, -0.2) is 129 Å². The topological polar surface area (TPSA) is 155 Å². The maximum Gasteiger partial charge on any atom is 0.310 e. The van der Waals surface area contributed by atoms with Crippen LogP contribution in [0.15, 0.2) is 0 Å². The molecule has 13 nitrogen and oxygen atoms in total. The highest BCUT2D eigenvalue weighted by atomic mass is 32.1. The van der Waals surface area contributed by atoms with E-state index in [0.29, 0.717) is 51.6 Å². The maximum atomic E-state index is 12.3. The molecule has 14 heteroatoms. The molecule has 0 spiro atoms. The number of nitrogens with one attached hydrogen (secondary N) is 2. The molecule has 4 amide bonds. The number of hydrogen-bond acceptors (Lipinski definition) is 10. The number of thiol groups is 1. The van der Waals surface area contributed by atoms with Crippen LogP contribution in [0.2, 0.25) is 0 Å². The number of rotatable bonds is 16. The highest BCUT2D eigenvalue weighted by Crippen LogP contribution is 2.19. The van der Waals surface area contributed by atoms with Gasteiger partial charge in [0.2, 0.25) is 23.6 Å². The largest absolute Gasteiger partial charge is 0.469 e. The van der Waals surface area contributed by atoms with Crippen LogP contribution in [0.5, 0.6) is 0 Å². The van der Waals surface area contributed by atoms with Crippen molar-refractivity contribution >= 4 is 48.2 Å². The predicted octanol–water partition coefficient (Wildman–Crippen LogP) is -1.73. The summed E-state index contributed by atoms with van der Waals surface area (Å²) in [7, 11) is 2.59. The van der Waals surface area contributed by atoms with Crippen LogP contribution < -0.4 is 10.6 Å². The minimum atomic E-state index is -0.461. The van der Waals surface area contributed by atoms with Crippen LogP contribution in [-0.2, 0) is 38.2 Å². The second-order valence-corrected chi connectivity index (χ2v) is 9.74. The summed E-state index contributed by atoms with van der Waals surface area (Å²) in [4.78, 5) is 76.9. The van der Waals surface area contributed by atoms with Gasteiger partial charge in [-0.15, -0.1) is 0 Å². The van der Waals surface area contributed by atoms with Crippen molar-refractivity contribution in [1.29, 1.82) is 0 Å². The molecular formula is C24H39N5O8S. The zero-order valence-corrected chi connectivity index (χ0v) is 23.0. The third-order valence-corrected chi connectivity index (χ3v) is 6.83. The maximum absolute atomic E-state index is 12.3. The average molecular weight is 558 g/mol. The van der Waals surface area contributed by atoms with E-state index in [1.165, 1.54) is 14.2 Å². The van der Waals surface area contributed by atoms with Crippen molar-refractivity contribution in [2.75, 3.05) is 78.9 Å². The molecule has 2 atom stereocenters. The number of carbonyl (C=O) groups is 6. The Labute approximate surface area is 228 Å². The van der Waals surface area contributed by atoms with Crippen LogP contribution in [0.4, 0.5) is 0 Å². The van der Waals surface area contributed by atoms with Gasteiger partial charge in [-0.25, -0.2) is 0 Å². The lowest BCUT2D eigenvalue weighted by Gasteiger charge is -2.21. The monoisotopic (exact) mass is 557 g/mol. The number of likely N-dealkylation sites (tertiary alicyclic amines) is 2. The van der Waals surface area contributed by atoms with Gasteiger partial charge in [-0.3, -0.25) is 28.8 Å². The fraction of sp³-hybridized carbons (Fsp3) is 0.750. The summed E-state index contributed by atoms with van der Waals surface area (Å²) in [5.74, 6) is -1.77. The molecule has 214 valence electrons. The van der Waals surface area contributed by atoms with Crippen molar-refractivity contribution in [2.24, 2.45) is 11.8 Å². The zero-order valence-electron chi connectivity index (χ0n) is 22.1. The Bertz CT molecular complexity index is 807. The van der Waals surface area contributed by atoms with E-state index in [1.54, 1.807) is 9.80 Å². The fourth-order valence-electron chi connectivity index (χ4n) is 4.46. The lowest BCUT2D eigenvalue weighted by Crippen LogP contribution is -2.39. The molecule has 2 aliphatic rings. The predicted molar refractivity (Wildman–Crippen MR) is 139 cm³/mol. The van der Waals surface area contributed by atoms with Gasteiger partial charge in [0.25, 0.3) is 0 Å². The first-order valence-electron chi connectivity index (χ1n) is 12.8. The summed E-state index contributed by atoms with van der Waals surface area (Å²) in [6.45, 7) is 3.31. The van der Waals surface area contributed by atoms with Gasteiger partial charge < -0.3 is 34.8 Å². The third-order valence-electron chi connectivity index (χ3n) is 6.63. The Morgan fingerprint density at radius 3 is 1.61 bits per heavy atom. The van der Waals surface area contributed by atoms with E-state index in [9.17, 15) is 28.8 Å². The van der Waals surface area contributed by atoms with Crippen LogP contribution in [0.25, 0.3) is 0 Å². The SMILES string of the molecule is COC(=O)C1CC(=O)N(CCNC(=O)CCN(CCS)CCC(=O)NCCN2C[C@H](C(=O)OC)CC2=O)C1. The summed E-state index contributed by atoms with van der Waals surface area (Å²) in [5, 5.41) is 5.57. The van der Waals surface area contributed by atoms with Crippen molar-refractivity contribution in [1.82, 2.24) is 25.3 Å². The molecule has 0 aromatic heterocycles. The van der Waals surface area contributed by atoms with Gasteiger partial charge in [-0.1, -0.05) is 0 Å². The molecule has 2 N–H and O–H groups in total. The second-order valence-electron chi connectivity index (χ2n) is 9.29. The molecule has 0 radical (unpaired) electrons. The first-order valence-corrected chi connectivity index (χ1v) is 13.4. The smallest absolute Gasteiger partial charge is 0.310 e. The number of nitrogens with zero attached hydrogens (tertiary/aromatic N) is 3. The number of esters is 2. The number of carbonyl (C=O) groups excluding carboxylic acids is 6. The molecule has 0 aliphatic carbocycles. The normalized spacial score (nSPS) is 19.2. The fourth-order valence-corrected chi connectivity index (χ4v) is 4.74. The van der Waals surface area contributed by atoms with Gasteiger partial charge in [-0.2, -0.15) is 12.6 Å². The van der Waals surface area contributed by atoms with Crippen LogP contribution in [0.3, 0.4) is 0 Å². The summed E-state index contributed by atoms with van der Waals surface area (Å²) in [5.41, 5.74) is 0. The van der Waals surface area contributed by atoms with Gasteiger partial charge >= 0.3 is 11.9 Å². The molecule has 2 heterocycles. The highest BCUT2D eigenvalue weighted by molar-refractivity contribution is 7.80. The Hall–Kier alpha value is -2.87. The first-order chi connectivity index (χ1) is 18.2. The van der Waals surface area contributed by atoms with Crippen molar-refractivity contribution in [3.8, 4) is 0 Å². The van der Waals surface area contributed by atoms with Gasteiger partial charge in [0.1, 0.15) is 0 Å². The molecular weight excluding hydrogens is 518 g/mol. The van der Waals surface area contributed by atoms with Crippen LogP contribution >= 0.6 is 12.6 Å². The molecule has 38 heavy (non-hydrogen) atoms. The van der Waals surface area contributed by atoms with Crippen LogP contribution in [0.1, 0.15) is 25.7 Å². The zero-order chi connectivity index (χ0) is 28.1. The van der Waals surface area contributed by atoms with Crippen molar-refractivity contribution in [2.45, 2.75) is 25.7 Å². The molecule has 0 bridgehead atoms. The molecule has 2 rings (SSSR count). The van der Waals surface area contributed by atoms with E-state index in [1.807, 2.05) is 4.90 Å². The third kappa shape index (κ3) is 10.1. The average Bonchev–Trinajstić information content (AvgIpc) is 3.46. The lowest BCUT2D eigenvalue weighted by molar-refractivity contribution is -0.145. The molecule has 2 saturated heterocycles. The minimum absolute atomic E-state index is 0.124. The van der Waals surface area contributed by atoms with Gasteiger partial charge in [0.15, 0.2) is 0 Å². The molecule has 2 fully saturated rings.